The molecule has 1 aromatic carbocycles. The molecule has 0 spiro atoms. The summed E-state index contributed by atoms with van der Waals surface area (Å²) in [6.45, 7) is 1.28. The lowest BCUT2D eigenvalue weighted by Crippen LogP contribution is -2.56. The number of hydrogen-bond acceptors (Lipinski definition) is 9. The van der Waals surface area contributed by atoms with E-state index in [9.17, 15) is 14.3 Å². The highest BCUT2D eigenvalue weighted by Gasteiger charge is 2.38. The topological polar surface area (TPSA) is 125 Å². The SMILES string of the molecule is Nc1nc(N2CCC(N)(CF)CC2)cnc1Sc1cccc(N2C(O)=CC(=O)N3CCCCC32)c1Cl. The average Bonchev–Trinajstić information content (AvgIpc) is 2.88. The summed E-state index contributed by atoms with van der Waals surface area (Å²) in [5, 5.41) is 11.6. The van der Waals surface area contributed by atoms with Crippen LogP contribution in [0.2, 0.25) is 5.02 Å². The lowest BCUT2D eigenvalue weighted by atomic mass is 9.90. The number of aromatic nitrogens is 2. The number of nitrogen functional groups attached to an aromatic ring is 1. The number of benzene rings is 1. The largest absolute Gasteiger partial charge is 0.494 e. The first-order valence-electron chi connectivity index (χ1n) is 12.0. The Morgan fingerprint density at radius 2 is 2.03 bits per heavy atom. The van der Waals surface area contributed by atoms with Crippen molar-refractivity contribution in [3.8, 4) is 0 Å². The molecule has 0 aliphatic carbocycles. The van der Waals surface area contributed by atoms with Gasteiger partial charge in [0.25, 0.3) is 5.91 Å². The van der Waals surface area contributed by atoms with E-state index in [0.29, 0.717) is 58.9 Å². The van der Waals surface area contributed by atoms with Gasteiger partial charge in [0.15, 0.2) is 11.7 Å². The Bertz CT molecular complexity index is 1190. The second kappa shape index (κ2) is 9.95. The maximum atomic E-state index is 13.2. The molecule has 2 saturated heterocycles. The van der Waals surface area contributed by atoms with Gasteiger partial charge in [-0.05, 0) is 44.2 Å². The molecule has 192 valence electrons. The molecule has 1 atom stereocenters. The van der Waals surface area contributed by atoms with Crippen LogP contribution in [0.5, 0.6) is 0 Å². The number of aliphatic hydroxyl groups is 1. The molecule has 5 rings (SSSR count). The van der Waals surface area contributed by atoms with Crippen molar-refractivity contribution in [2.75, 3.05) is 41.8 Å². The summed E-state index contributed by atoms with van der Waals surface area (Å²) >= 11 is 8.11. The minimum absolute atomic E-state index is 0.119. The van der Waals surface area contributed by atoms with Crippen LogP contribution in [0.15, 0.2) is 46.3 Å². The Labute approximate surface area is 218 Å². The number of anilines is 3. The molecule has 2 fully saturated rings. The summed E-state index contributed by atoms with van der Waals surface area (Å²) in [5.74, 6) is 0.585. The van der Waals surface area contributed by atoms with E-state index in [-0.39, 0.29) is 23.8 Å². The highest BCUT2D eigenvalue weighted by atomic mass is 35.5. The van der Waals surface area contributed by atoms with Gasteiger partial charge in [0, 0.05) is 30.1 Å². The van der Waals surface area contributed by atoms with E-state index >= 15 is 0 Å². The van der Waals surface area contributed by atoms with Crippen molar-refractivity contribution < 1.29 is 14.3 Å². The first-order valence-corrected chi connectivity index (χ1v) is 13.2. The van der Waals surface area contributed by atoms with Crippen LogP contribution in [0, 0.1) is 0 Å². The average molecular weight is 534 g/mol. The van der Waals surface area contributed by atoms with Crippen molar-refractivity contribution in [3.05, 3.63) is 41.4 Å². The fourth-order valence-electron chi connectivity index (χ4n) is 4.94. The first kappa shape index (κ1) is 24.9. The van der Waals surface area contributed by atoms with Crippen LogP contribution in [0.3, 0.4) is 0 Å². The number of amides is 1. The molecule has 3 aliphatic heterocycles. The smallest absolute Gasteiger partial charge is 0.253 e. The summed E-state index contributed by atoms with van der Waals surface area (Å²) in [5.41, 5.74) is 12.1. The molecule has 0 radical (unpaired) electrons. The van der Waals surface area contributed by atoms with Crippen molar-refractivity contribution in [3.63, 3.8) is 0 Å². The van der Waals surface area contributed by atoms with Crippen LogP contribution < -0.4 is 21.3 Å². The quantitative estimate of drug-likeness (QED) is 0.527. The predicted octanol–water partition coefficient (Wildman–Crippen LogP) is 3.69. The molecule has 2 aromatic rings. The molecule has 0 bridgehead atoms. The van der Waals surface area contributed by atoms with Gasteiger partial charge in [0.1, 0.15) is 23.7 Å². The number of fused-ring (bicyclic) bond motifs is 1. The Morgan fingerprint density at radius 3 is 2.75 bits per heavy atom. The molecule has 4 heterocycles. The molecule has 12 heteroatoms. The van der Waals surface area contributed by atoms with Gasteiger partial charge in [-0.3, -0.25) is 9.69 Å². The summed E-state index contributed by atoms with van der Waals surface area (Å²) in [4.78, 5) is 27.6. The van der Waals surface area contributed by atoms with E-state index in [1.807, 2.05) is 23.1 Å². The van der Waals surface area contributed by atoms with Crippen LogP contribution in [-0.2, 0) is 4.79 Å². The molecule has 5 N–H and O–H groups in total. The number of hydrogen-bond donors (Lipinski definition) is 3. The molecule has 9 nitrogen and oxygen atoms in total. The lowest BCUT2D eigenvalue weighted by Gasteiger charge is -2.45. The fraction of sp³-hybridized carbons (Fsp3) is 0.458. The molecule has 1 unspecified atom stereocenters. The van der Waals surface area contributed by atoms with E-state index < -0.39 is 12.2 Å². The zero-order valence-corrected chi connectivity index (χ0v) is 21.3. The third-order valence-electron chi connectivity index (χ3n) is 7.06. The number of nitrogens with zero attached hydrogens (tertiary/aromatic N) is 5. The highest BCUT2D eigenvalue weighted by Crippen LogP contribution is 2.43. The van der Waals surface area contributed by atoms with Crippen LogP contribution in [0.1, 0.15) is 32.1 Å². The maximum Gasteiger partial charge on any atom is 0.253 e. The Kier molecular flexibility index (Phi) is 6.88. The van der Waals surface area contributed by atoms with Gasteiger partial charge in [0.2, 0.25) is 0 Å². The number of piperidine rings is 2. The summed E-state index contributed by atoms with van der Waals surface area (Å²) < 4.78 is 13.2. The third-order valence-corrected chi connectivity index (χ3v) is 8.64. The van der Waals surface area contributed by atoms with Gasteiger partial charge in [-0.15, -0.1) is 0 Å². The molecule has 3 aliphatic rings. The Balaban J connectivity index is 1.37. The van der Waals surface area contributed by atoms with Gasteiger partial charge < -0.3 is 26.4 Å². The monoisotopic (exact) mass is 533 g/mol. The highest BCUT2D eigenvalue weighted by molar-refractivity contribution is 7.99. The Hall–Kier alpha value is -2.76. The summed E-state index contributed by atoms with van der Waals surface area (Å²) in [7, 11) is 0. The van der Waals surface area contributed by atoms with E-state index in [2.05, 4.69) is 9.97 Å². The van der Waals surface area contributed by atoms with E-state index in [1.54, 1.807) is 16.0 Å². The zero-order valence-electron chi connectivity index (χ0n) is 19.7. The molecular weight excluding hydrogens is 505 g/mol. The molecule has 1 aromatic heterocycles. The number of nitrogens with two attached hydrogens (primary N) is 2. The number of alkyl halides is 1. The fourth-order valence-corrected chi connectivity index (χ4v) is 6.07. The summed E-state index contributed by atoms with van der Waals surface area (Å²) in [6, 6.07) is 5.51. The maximum absolute atomic E-state index is 13.2. The van der Waals surface area contributed by atoms with Crippen molar-refractivity contribution in [2.45, 2.75) is 53.7 Å². The minimum Gasteiger partial charge on any atom is -0.494 e. The first-order chi connectivity index (χ1) is 17.3. The number of carbonyl (C=O) groups excluding carboxylic acids is 1. The van der Waals surface area contributed by atoms with Crippen LogP contribution in [0.25, 0.3) is 0 Å². The molecule has 0 saturated carbocycles. The second-order valence-electron chi connectivity index (χ2n) is 9.47. The second-order valence-corrected chi connectivity index (χ2v) is 10.9. The van der Waals surface area contributed by atoms with Crippen LogP contribution >= 0.6 is 23.4 Å². The lowest BCUT2D eigenvalue weighted by molar-refractivity contribution is -0.130. The summed E-state index contributed by atoms with van der Waals surface area (Å²) in [6.07, 6.45) is 6.31. The van der Waals surface area contributed by atoms with Crippen LogP contribution in [0.4, 0.5) is 21.7 Å². The van der Waals surface area contributed by atoms with E-state index in [4.69, 9.17) is 23.1 Å². The van der Waals surface area contributed by atoms with Crippen LogP contribution in [-0.4, -0.2) is 63.9 Å². The van der Waals surface area contributed by atoms with Gasteiger partial charge >= 0.3 is 0 Å². The predicted molar refractivity (Wildman–Crippen MR) is 139 cm³/mol. The molecule has 1 amide bonds. The standard InChI is InChI=1S/C24H29ClFN7O2S/c25-21-15(33-18-6-1-2-9-32(18)19(34)12-20(33)35)4-3-5-16(21)36-23-22(27)30-17(13-29-23)31-10-7-24(28,14-26)8-11-31/h3-5,12-13,18,35H,1-2,6-11,14,28H2,(H2,27,30). The van der Waals surface area contributed by atoms with Crippen molar-refractivity contribution in [1.29, 1.82) is 0 Å². The molecule has 36 heavy (non-hydrogen) atoms. The minimum atomic E-state index is -0.771. The number of rotatable bonds is 5. The number of carbonyl (C=O) groups is 1. The van der Waals surface area contributed by atoms with Gasteiger partial charge in [-0.2, -0.15) is 0 Å². The normalized spacial score (nSPS) is 21.9. The van der Waals surface area contributed by atoms with Gasteiger partial charge in [-0.1, -0.05) is 29.4 Å². The van der Waals surface area contributed by atoms with Crippen molar-refractivity contribution in [1.82, 2.24) is 14.9 Å². The number of aliphatic hydroxyl groups excluding tert-OH is 1. The third kappa shape index (κ3) is 4.67. The van der Waals surface area contributed by atoms with Gasteiger partial charge in [0.05, 0.1) is 23.0 Å². The van der Waals surface area contributed by atoms with Crippen molar-refractivity contribution in [2.24, 2.45) is 5.73 Å². The number of halogens is 2. The van der Waals surface area contributed by atoms with E-state index in [1.165, 1.54) is 17.8 Å². The zero-order chi connectivity index (χ0) is 25.4. The van der Waals surface area contributed by atoms with E-state index in [0.717, 1.165) is 19.3 Å². The van der Waals surface area contributed by atoms with Crippen molar-refractivity contribution >= 4 is 46.6 Å². The Morgan fingerprint density at radius 1 is 1.25 bits per heavy atom. The van der Waals surface area contributed by atoms with Gasteiger partial charge in [-0.25, -0.2) is 14.4 Å². The molecular formula is C24H29ClFN7O2S.